The molecule has 0 unspecified atom stereocenters. The molecule has 18 heavy (non-hydrogen) atoms. The molecule has 0 amide bonds. The maximum atomic E-state index is 6.10. The number of nitrogens with one attached hydrogen (secondary N) is 1. The number of hydrogen-bond donors (Lipinski definition) is 2. The number of thiocarbonyl (C=S) groups is 1. The van der Waals surface area contributed by atoms with Crippen LogP contribution < -0.4 is 11.1 Å². The van der Waals surface area contributed by atoms with Gasteiger partial charge in [0.25, 0.3) is 0 Å². The summed E-state index contributed by atoms with van der Waals surface area (Å²) < 4.78 is 0. The standard InChI is InChI=1S/C13H20ClN3S/c1-9(2)17(3)8-7-16-11-6-4-5-10(14)12(11)13(15)18/h4-6,9,16H,7-8H2,1-3H3,(H2,15,18). The van der Waals surface area contributed by atoms with Crippen LogP contribution in [-0.4, -0.2) is 36.1 Å². The predicted molar refractivity (Wildman–Crippen MR) is 83.6 cm³/mol. The molecule has 0 bridgehead atoms. The first kappa shape index (κ1) is 15.2. The van der Waals surface area contributed by atoms with Gasteiger partial charge in [-0.1, -0.05) is 29.9 Å². The average Bonchev–Trinajstić information content (AvgIpc) is 2.28. The number of nitrogens with zero attached hydrogens (tertiary/aromatic N) is 1. The lowest BCUT2D eigenvalue weighted by molar-refractivity contribution is 0.284. The third-order valence-corrected chi connectivity index (χ3v) is 3.44. The van der Waals surface area contributed by atoms with Gasteiger partial charge in [0, 0.05) is 24.8 Å². The van der Waals surface area contributed by atoms with Crippen molar-refractivity contribution in [1.29, 1.82) is 0 Å². The quantitative estimate of drug-likeness (QED) is 0.789. The molecule has 0 aliphatic rings. The van der Waals surface area contributed by atoms with Crippen molar-refractivity contribution < 1.29 is 0 Å². The van der Waals surface area contributed by atoms with E-state index in [9.17, 15) is 0 Å². The van der Waals surface area contributed by atoms with E-state index in [0.29, 0.717) is 16.1 Å². The van der Waals surface area contributed by atoms with Gasteiger partial charge >= 0.3 is 0 Å². The molecule has 1 rings (SSSR count). The first-order valence-electron chi connectivity index (χ1n) is 5.96. The van der Waals surface area contributed by atoms with E-state index < -0.39 is 0 Å². The van der Waals surface area contributed by atoms with Crippen LogP contribution in [0.5, 0.6) is 0 Å². The third kappa shape index (κ3) is 4.12. The molecule has 100 valence electrons. The molecule has 3 N–H and O–H groups in total. The average molecular weight is 286 g/mol. The fourth-order valence-electron chi connectivity index (χ4n) is 1.55. The summed E-state index contributed by atoms with van der Waals surface area (Å²) in [6.07, 6.45) is 0. The van der Waals surface area contributed by atoms with Crippen molar-refractivity contribution in [1.82, 2.24) is 4.90 Å². The molecule has 5 heteroatoms. The van der Waals surface area contributed by atoms with Gasteiger partial charge in [-0.25, -0.2) is 0 Å². The third-order valence-electron chi connectivity index (χ3n) is 2.92. The lowest BCUT2D eigenvalue weighted by Gasteiger charge is -2.21. The first-order chi connectivity index (χ1) is 8.43. The Labute approximate surface area is 119 Å². The van der Waals surface area contributed by atoms with Crippen LogP contribution in [0.1, 0.15) is 19.4 Å². The van der Waals surface area contributed by atoms with Crippen LogP contribution in [0.15, 0.2) is 18.2 Å². The Morgan fingerprint density at radius 2 is 2.17 bits per heavy atom. The zero-order valence-corrected chi connectivity index (χ0v) is 12.6. The van der Waals surface area contributed by atoms with Crippen LogP contribution in [-0.2, 0) is 0 Å². The zero-order chi connectivity index (χ0) is 13.7. The molecular formula is C13H20ClN3S. The summed E-state index contributed by atoms with van der Waals surface area (Å²) in [4.78, 5) is 2.58. The number of nitrogens with two attached hydrogens (primary N) is 1. The Morgan fingerprint density at radius 3 is 2.72 bits per heavy atom. The van der Waals surface area contributed by atoms with Gasteiger partial charge in [0.05, 0.1) is 10.6 Å². The number of anilines is 1. The Kier molecular flexibility index (Phi) is 5.85. The van der Waals surface area contributed by atoms with E-state index in [4.69, 9.17) is 29.6 Å². The largest absolute Gasteiger partial charge is 0.389 e. The molecule has 0 atom stereocenters. The van der Waals surface area contributed by atoms with Gasteiger partial charge in [-0.15, -0.1) is 0 Å². The Balaban J connectivity index is 2.68. The van der Waals surface area contributed by atoms with Crippen molar-refractivity contribution in [2.24, 2.45) is 5.73 Å². The van der Waals surface area contributed by atoms with Gasteiger partial charge in [-0.3, -0.25) is 0 Å². The molecule has 1 aromatic carbocycles. The summed E-state index contributed by atoms with van der Waals surface area (Å²) in [5.74, 6) is 0. The molecule has 0 saturated carbocycles. The molecule has 0 spiro atoms. The summed E-state index contributed by atoms with van der Waals surface area (Å²) in [5, 5.41) is 3.92. The van der Waals surface area contributed by atoms with Crippen LogP contribution >= 0.6 is 23.8 Å². The fourth-order valence-corrected chi connectivity index (χ4v) is 2.10. The van der Waals surface area contributed by atoms with E-state index in [1.54, 1.807) is 6.07 Å². The topological polar surface area (TPSA) is 41.3 Å². The second-order valence-corrected chi connectivity index (χ2v) is 5.37. The van der Waals surface area contributed by atoms with Crippen molar-refractivity contribution >= 4 is 34.5 Å². The highest BCUT2D eigenvalue weighted by atomic mass is 35.5. The van der Waals surface area contributed by atoms with E-state index in [1.807, 2.05) is 12.1 Å². The smallest absolute Gasteiger partial charge is 0.107 e. The van der Waals surface area contributed by atoms with Crippen molar-refractivity contribution in [3.63, 3.8) is 0 Å². The lowest BCUT2D eigenvalue weighted by atomic mass is 10.1. The molecule has 0 aromatic heterocycles. The minimum absolute atomic E-state index is 0.320. The molecular weight excluding hydrogens is 266 g/mol. The molecule has 3 nitrogen and oxygen atoms in total. The highest BCUT2D eigenvalue weighted by Gasteiger charge is 2.09. The van der Waals surface area contributed by atoms with E-state index in [-0.39, 0.29) is 0 Å². The molecule has 0 saturated heterocycles. The minimum atomic E-state index is 0.320. The molecule has 0 aliphatic carbocycles. The van der Waals surface area contributed by atoms with Crippen LogP contribution in [0.25, 0.3) is 0 Å². The highest BCUT2D eigenvalue weighted by Crippen LogP contribution is 2.24. The fraction of sp³-hybridized carbons (Fsp3) is 0.462. The molecule has 0 fully saturated rings. The summed E-state index contributed by atoms with van der Waals surface area (Å²) in [5.41, 5.74) is 7.31. The maximum Gasteiger partial charge on any atom is 0.107 e. The van der Waals surface area contributed by atoms with Crippen LogP contribution in [0, 0.1) is 0 Å². The number of halogens is 1. The maximum absolute atomic E-state index is 6.10. The van der Waals surface area contributed by atoms with Crippen molar-refractivity contribution in [3.8, 4) is 0 Å². The van der Waals surface area contributed by atoms with Crippen LogP contribution in [0.4, 0.5) is 5.69 Å². The van der Waals surface area contributed by atoms with E-state index in [1.165, 1.54) is 0 Å². The number of benzene rings is 1. The minimum Gasteiger partial charge on any atom is -0.389 e. The number of rotatable bonds is 6. The van der Waals surface area contributed by atoms with E-state index >= 15 is 0 Å². The summed E-state index contributed by atoms with van der Waals surface area (Å²) in [6, 6.07) is 6.15. The first-order valence-corrected chi connectivity index (χ1v) is 6.74. The monoisotopic (exact) mass is 285 g/mol. The van der Waals surface area contributed by atoms with Gasteiger partial charge < -0.3 is 16.0 Å². The molecule has 0 aliphatic heterocycles. The van der Waals surface area contributed by atoms with Crippen molar-refractivity contribution in [2.45, 2.75) is 19.9 Å². The second kappa shape index (κ2) is 6.92. The molecule has 1 aromatic rings. The molecule has 0 heterocycles. The van der Waals surface area contributed by atoms with Crippen LogP contribution in [0.2, 0.25) is 5.02 Å². The second-order valence-electron chi connectivity index (χ2n) is 4.53. The highest BCUT2D eigenvalue weighted by molar-refractivity contribution is 7.80. The van der Waals surface area contributed by atoms with E-state index in [0.717, 1.165) is 24.3 Å². The normalized spacial score (nSPS) is 11.0. The SMILES string of the molecule is CC(C)N(C)CCNc1cccc(Cl)c1C(N)=S. The van der Waals surface area contributed by atoms with Crippen LogP contribution in [0.3, 0.4) is 0 Å². The predicted octanol–water partition coefficient (Wildman–Crippen LogP) is 2.73. The summed E-state index contributed by atoms with van der Waals surface area (Å²) in [6.45, 7) is 6.10. The summed E-state index contributed by atoms with van der Waals surface area (Å²) >= 11 is 11.1. The Morgan fingerprint density at radius 1 is 1.50 bits per heavy atom. The van der Waals surface area contributed by atoms with Gasteiger partial charge in [0.2, 0.25) is 0 Å². The van der Waals surface area contributed by atoms with Crippen molar-refractivity contribution in [2.75, 3.05) is 25.5 Å². The van der Waals surface area contributed by atoms with Gasteiger partial charge in [0.15, 0.2) is 0 Å². The summed E-state index contributed by atoms with van der Waals surface area (Å²) in [7, 11) is 2.10. The number of likely N-dealkylation sites (N-methyl/N-ethyl adjacent to an activating group) is 1. The van der Waals surface area contributed by atoms with Gasteiger partial charge in [0.1, 0.15) is 4.99 Å². The zero-order valence-electron chi connectivity index (χ0n) is 11.0. The van der Waals surface area contributed by atoms with E-state index in [2.05, 4.69) is 31.1 Å². The van der Waals surface area contributed by atoms with Crippen molar-refractivity contribution in [3.05, 3.63) is 28.8 Å². The molecule has 0 radical (unpaired) electrons. The van der Waals surface area contributed by atoms with Gasteiger partial charge in [-0.2, -0.15) is 0 Å². The Bertz CT molecular complexity index is 421. The number of hydrogen-bond acceptors (Lipinski definition) is 3. The lowest BCUT2D eigenvalue weighted by Crippen LogP contribution is -2.31. The Hall–Kier alpha value is -0.840. The van der Waals surface area contributed by atoms with Gasteiger partial charge in [-0.05, 0) is 33.0 Å².